The highest BCUT2D eigenvalue weighted by Crippen LogP contribution is 2.31. The average molecular weight is 545 g/mol. The Kier molecular flexibility index (Phi) is 18.1. The van der Waals surface area contributed by atoms with Gasteiger partial charge in [0.2, 0.25) is 0 Å². The number of ketones is 2. The lowest BCUT2D eigenvalue weighted by atomic mass is 9.85. The molecule has 3 heteroatoms. The van der Waals surface area contributed by atoms with Crippen LogP contribution in [-0.4, -0.2) is 17.7 Å². The fraction of sp³-hybridized carbons (Fsp3) is 0.889. The van der Waals surface area contributed by atoms with Crippen molar-refractivity contribution in [1.29, 1.82) is 0 Å². The van der Waals surface area contributed by atoms with E-state index in [4.69, 9.17) is 4.74 Å². The summed E-state index contributed by atoms with van der Waals surface area (Å²) in [5.74, 6) is 4.25. The Morgan fingerprint density at radius 3 is 1.44 bits per heavy atom. The minimum atomic E-state index is 0.347. The summed E-state index contributed by atoms with van der Waals surface area (Å²) in [6, 6.07) is 0. The summed E-state index contributed by atoms with van der Waals surface area (Å²) in [7, 11) is 0. The first kappa shape index (κ1) is 34.1. The molecule has 1 saturated heterocycles. The van der Waals surface area contributed by atoms with Crippen LogP contribution in [0.4, 0.5) is 0 Å². The van der Waals surface area contributed by atoms with Crippen LogP contribution in [0.15, 0.2) is 11.8 Å². The summed E-state index contributed by atoms with van der Waals surface area (Å²) < 4.78 is 6.33. The summed E-state index contributed by atoms with van der Waals surface area (Å²) in [5, 5.41) is 0. The van der Waals surface area contributed by atoms with Gasteiger partial charge >= 0.3 is 0 Å². The highest BCUT2D eigenvalue weighted by molar-refractivity contribution is 5.80. The number of hydrogen-bond acceptors (Lipinski definition) is 3. The Hall–Kier alpha value is -1.12. The third-order valence-corrected chi connectivity index (χ3v) is 9.73. The zero-order chi connectivity index (χ0) is 28.3. The van der Waals surface area contributed by atoms with Crippen LogP contribution in [0.2, 0.25) is 0 Å². The summed E-state index contributed by atoms with van der Waals surface area (Å²) in [6.07, 6.45) is 30.2. The lowest BCUT2D eigenvalue weighted by Crippen LogP contribution is -2.16. The lowest BCUT2D eigenvalue weighted by molar-refractivity contribution is -0.122. The van der Waals surface area contributed by atoms with Gasteiger partial charge in [-0.25, -0.2) is 0 Å². The first-order valence-corrected chi connectivity index (χ1v) is 17.3. The fourth-order valence-electron chi connectivity index (χ4n) is 6.47. The maximum absolute atomic E-state index is 11.9. The second kappa shape index (κ2) is 20.7. The molecule has 0 radical (unpaired) electrons. The number of carbonyl (C=O) groups is 2. The predicted molar refractivity (Wildman–Crippen MR) is 166 cm³/mol. The summed E-state index contributed by atoms with van der Waals surface area (Å²) in [5.41, 5.74) is 0. The van der Waals surface area contributed by atoms with Crippen LogP contribution < -0.4 is 0 Å². The Bertz CT molecular complexity index is 665. The fourth-order valence-corrected chi connectivity index (χ4v) is 6.47. The van der Waals surface area contributed by atoms with Gasteiger partial charge in [0.1, 0.15) is 11.6 Å². The van der Waals surface area contributed by atoms with Crippen LogP contribution >= 0.6 is 0 Å². The first-order chi connectivity index (χ1) is 18.8. The van der Waals surface area contributed by atoms with Crippen LogP contribution in [0.5, 0.6) is 0 Å². The van der Waals surface area contributed by atoms with Crippen LogP contribution in [0.3, 0.4) is 0 Å². The molecule has 226 valence electrons. The molecule has 1 saturated carbocycles. The smallest absolute Gasteiger partial charge is 0.133 e. The molecule has 5 atom stereocenters. The topological polar surface area (TPSA) is 43.4 Å². The average Bonchev–Trinajstić information content (AvgIpc) is 3.01. The van der Waals surface area contributed by atoms with E-state index in [0.717, 1.165) is 31.6 Å². The van der Waals surface area contributed by atoms with Crippen molar-refractivity contribution < 1.29 is 14.3 Å². The van der Waals surface area contributed by atoms with E-state index < -0.39 is 0 Å². The van der Waals surface area contributed by atoms with E-state index >= 15 is 0 Å². The van der Waals surface area contributed by atoms with Crippen molar-refractivity contribution in [2.24, 2.45) is 23.7 Å². The SMILES string of the molecule is CC1C=C2CCCCCCCCCCC(CC1C)O2.CC1CC(=O)CCCCCCCCCCC(=O)CC1C. The molecule has 39 heavy (non-hydrogen) atoms. The lowest BCUT2D eigenvalue weighted by Gasteiger charge is -2.21. The third-order valence-electron chi connectivity index (χ3n) is 9.73. The Balaban J connectivity index is 0.000000274. The molecule has 2 fully saturated rings. The molecule has 0 aromatic carbocycles. The molecule has 3 aliphatic rings. The molecule has 3 nitrogen and oxygen atoms in total. The van der Waals surface area contributed by atoms with Gasteiger partial charge in [-0.3, -0.25) is 9.59 Å². The number of rotatable bonds is 0. The highest BCUT2D eigenvalue weighted by atomic mass is 16.5. The predicted octanol–water partition coefficient (Wildman–Crippen LogP) is 10.9. The van der Waals surface area contributed by atoms with Crippen molar-refractivity contribution in [1.82, 2.24) is 0 Å². The zero-order valence-corrected chi connectivity index (χ0v) is 26.5. The minimum absolute atomic E-state index is 0.347. The molecule has 0 spiro atoms. The maximum Gasteiger partial charge on any atom is 0.133 e. The van der Waals surface area contributed by atoms with Gasteiger partial charge in [0.25, 0.3) is 0 Å². The molecule has 0 amide bonds. The van der Waals surface area contributed by atoms with E-state index in [1.54, 1.807) is 0 Å². The quantitative estimate of drug-likeness (QED) is 0.304. The maximum atomic E-state index is 11.9. The van der Waals surface area contributed by atoms with E-state index in [-0.39, 0.29) is 0 Å². The van der Waals surface area contributed by atoms with Crippen molar-refractivity contribution >= 4 is 11.6 Å². The summed E-state index contributed by atoms with van der Waals surface area (Å²) in [4.78, 5) is 23.9. The van der Waals surface area contributed by atoms with Crippen molar-refractivity contribution in [2.45, 2.75) is 181 Å². The largest absolute Gasteiger partial charge is 0.495 e. The van der Waals surface area contributed by atoms with Crippen LogP contribution in [0.25, 0.3) is 0 Å². The molecule has 0 aromatic rings. The molecule has 5 unspecified atom stereocenters. The second-order valence-electron chi connectivity index (χ2n) is 13.6. The van der Waals surface area contributed by atoms with Gasteiger partial charge in [-0.15, -0.1) is 0 Å². The second-order valence-corrected chi connectivity index (χ2v) is 13.6. The number of fused-ring (bicyclic) bond motifs is 2. The van der Waals surface area contributed by atoms with Crippen LogP contribution in [-0.2, 0) is 14.3 Å². The Morgan fingerprint density at radius 2 is 0.949 bits per heavy atom. The number of carbonyl (C=O) groups excluding carboxylic acids is 2. The minimum Gasteiger partial charge on any atom is -0.495 e. The van der Waals surface area contributed by atoms with Gasteiger partial charge in [-0.05, 0) is 68.3 Å². The van der Waals surface area contributed by atoms with E-state index in [0.29, 0.717) is 48.3 Å². The van der Waals surface area contributed by atoms with Crippen LogP contribution in [0.1, 0.15) is 175 Å². The summed E-state index contributed by atoms with van der Waals surface area (Å²) >= 11 is 0. The third kappa shape index (κ3) is 16.0. The molecule has 2 heterocycles. The van der Waals surface area contributed by atoms with Crippen molar-refractivity contribution in [3.8, 4) is 0 Å². The molecule has 1 aliphatic carbocycles. The van der Waals surface area contributed by atoms with Crippen molar-refractivity contribution in [3.05, 3.63) is 11.8 Å². The van der Waals surface area contributed by atoms with Gasteiger partial charge in [0.05, 0.1) is 11.9 Å². The van der Waals surface area contributed by atoms with E-state index in [1.165, 1.54) is 115 Å². The molecule has 2 aliphatic heterocycles. The standard InChI is InChI=1S/C18H32O2.C18H32O/c1-15-13-17(19)11-9-7-5-3-4-6-8-10-12-18(20)14-16(15)2;1-15-13-17-11-9-7-5-3-4-6-8-10-12-18(19-17)14-16(15)2/h15-16H,3-14H2,1-2H3;13,15-16,18H,3-12,14H2,1-2H3. The van der Waals surface area contributed by atoms with Crippen molar-refractivity contribution in [3.63, 3.8) is 0 Å². The highest BCUT2D eigenvalue weighted by Gasteiger charge is 2.23. The normalized spacial score (nSPS) is 32.0. The number of allylic oxidation sites excluding steroid dienone is 2. The Labute approximate surface area is 242 Å². The number of Topliss-reactive ketones (excluding diaryl/α,β-unsaturated/α-hetero) is 2. The Morgan fingerprint density at radius 1 is 0.538 bits per heavy atom. The molecule has 2 bridgehead atoms. The zero-order valence-electron chi connectivity index (χ0n) is 26.5. The summed E-state index contributed by atoms with van der Waals surface area (Å²) in [6.45, 7) is 9.00. The van der Waals surface area contributed by atoms with Gasteiger partial charge in [-0.2, -0.15) is 0 Å². The molecule has 3 rings (SSSR count). The number of hydrogen-bond donors (Lipinski definition) is 0. The molecule has 0 aromatic heterocycles. The monoisotopic (exact) mass is 544 g/mol. The van der Waals surface area contributed by atoms with E-state index in [9.17, 15) is 9.59 Å². The molecular formula is C36H64O3. The van der Waals surface area contributed by atoms with Crippen LogP contribution in [0, 0.1) is 23.7 Å². The van der Waals surface area contributed by atoms with Crippen molar-refractivity contribution in [2.75, 3.05) is 0 Å². The van der Waals surface area contributed by atoms with Gasteiger partial charge in [0, 0.05) is 32.1 Å². The van der Waals surface area contributed by atoms with Gasteiger partial charge < -0.3 is 4.74 Å². The molecular weight excluding hydrogens is 480 g/mol. The number of ether oxygens (including phenoxy) is 1. The van der Waals surface area contributed by atoms with Gasteiger partial charge in [-0.1, -0.05) is 105 Å². The van der Waals surface area contributed by atoms with E-state index in [2.05, 4.69) is 33.8 Å². The molecule has 0 N–H and O–H groups in total. The first-order valence-electron chi connectivity index (χ1n) is 17.3. The van der Waals surface area contributed by atoms with Gasteiger partial charge in [0.15, 0.2) is 0 Å². The van der Waals surface area contributed by atoms with E-state index in [1.807, 2.05) is 0 Å².